The lowest BCUT2D eigenvalue weighted by Gasteiger charge is -2.45. The quantitative estimate of drug-likeness (QED) is 0.470. The molecule has 0 unspecified atom stereocenters. The third-order valence-corrected chi connectivity index (χ3v) is 8.44. The summed E-state index contributed by atoms with van der Waals surface area (Å²) < 4.78 is 24.2. The molecular weight excluding hydrogens is 478 g/mol. The molecule has 3 fully saturated rings. The molecule has 3 aliphatic heterocycles. The highest BCUT2D eigenvalue weighted by Crippen LogP contribution is 2.57. The van der Waals surface area contributed by atoms with E-state index in [9.17, 15) is 4.79 Å². The lowest BCUT2D eigenvalue weighted by atomic mass is 9.78. The molecule has 3 aromatic carbocycles. The van der Waals surface area contributed by atoms with Crippen LogP contribution in [-0.4, -0.2) is 60.8 Å². The SMILES string of the molecule is CC1(C)O[C@H]2[C@@H](C(=O)CCC3OCCO3)N(C3(c4ccccc4)c4ccccc4-c4ccccc43)C[C@H]2O1. The first-order chi connectivity index (χ1) is 18.5. The maximum Gasteiger partial charge on any atom is 0.163 e. The van der Waals surface area contributed by atoms with Gasteiger partial charge in [-0.15, -0.1) is 0 Å². The zero-order valence-electron chi connectivity index (χ0n) is 21.8. The Kier molecular flexibility index (Phi) is 5.80. The second kappa shape index (κ2) is 9.11. The van der Waals surface area contributed by atoms with Crippen molar-refractivity contribution in [2.24, 2.45) is 0 Å². The van der Waals surface area contributed by atoms with Gasteiger partial charge in [-0.3, -0.25) is 9.69 Å². The highest BCUT2D eigenvalue weighted by atomic mass is 16.8. The number of Topliss-reactive ketones (excluding diaryl/α,β-unsaturated/α-hetero) is 1. The second-order valence-electron chi connectivity index (χ2n) is 11.1. The number of carbonyl (C=O) groups excluding carboxylic acids is 1. The maximum atomic E-state index is 14.2. The summed E-state index contributed by atoms with van der Waals surface area (Å²) in [5.74, 6) is -0.599. The lowest BCUT2D eigenvalue weighted by molar-refractivity contribution is -0.168. The molecule has 3 saturated heterocycles. The fourth-order valence-electron chi connectivity index (χ4n) is 7.12. The Morgan fingerprint density at radius 1 is 0.842 bits per heavy atom. The van der Waals surface area contributed by atoms with Crippen molar-refractivity contribution in [3.05, 3.63) is 95.6 Å². The molecular formula is C32H33NO5. The minimum Gasteiger partial charge on any atom is -0.350 e. The van der Waals surface area contributed by atoms with Crippen molar-refractivity contribution in [1.29, 1.82) is 0 Å². The summed E-state index contributed by atoms with van der Waals surface area (Å²) in [5, 5.41) is 0. The molecule has 0 N–H and O–H groups in total. The Bertz CT molecular complexity index is 1300. The molecule has 6 nitrogen and oxygen atoms in total. The third-order valence-electron chi connectivity index (χ3n) is 8.44. The van der Waals surface area contributed by atoms with Gasteiger partial charge in [-0.2, -0.15) is 0 Å². The summed E-state index contributed by atoms with van der Waals surface area (Å²) in [4.78, 5) is 16.6. The topological polar surface area (TPSA) is 57.2 Å². The highest BCUT2D eigenvalue weighted by molar-refractivity contribution is 5.88. The zero-order chi connectivity index (χ0) is 25.9. The van der Waals surface area contributed by atoms with Gasteiger partial charge in [0.05, 0.1) is 24.8 Å². The first kappa shape index (κ1) is 24.2. The number of nitrogens with zero attached hydrogens (tertiary/aromatic N) is 1. The van der Waals surface area contributed by atoms with E-state index in [2.05, 4.69) is 77.7 Å². The molecule has 0 radical (unpaired) electrons. The normalized spacial score (nSPS) is 27.3. The van der Waals surface area contributed by atoms with E-state index in [1.807, 2.05) is 19.9 Å². The van der Waals surface area contributed by atoms with E-state index in [1.54, 1.807) is 0 Å². The van der Waals surface area contributed by atoms with Crippen LogP contribution in [0.2, 0.25) is 0 Å². The third kappa shape index (κ3) is 3.63. The smallest absolute Gasteiger partial charge is 0.163 e. The van der Waals surface area contributed by atoms with Gasteiger partial charge in [0.25, 0.3) is 0 Å². The molecule has 4 aliphatic rings. The van der Waals surface area contributed by atoms with Gasteiger partial charge in [-0.05, 0) is 41.7 Å². The van der Waals surface area contributed by atoms with Crippen molar-refractivity contribution >= 4 is 5.78 Å². The number of hydrogen-bond acceptors (Lipinski definition) is 6. The average Bonchev–Trinajstić information content (AvgIpc) is 3.69. The fraction of sp³-hybridized carbons (Fsp3) is 0.406. The number of ketones is 1. The standard InChI is InChI=1S/C32H33NO5/c1-31(2)37-27-20-33(29(30(27)38-31)26(34)16-17-28-35-18-19-36-28)32(21-10-4-3-5-11-21)24-14-8-6-12-22(24)23-13-7-9-15-25(23)32/h3-15,27-30H,16-20H2,1-2H3/t27-,29-,30-/m1/s1. The Morgan fingerprint density at radius 2 is 1.45 bits per heavy atom. The summed E-state index contributed by atoms with van der Waals surface area (Å²) in [6.07, 6.45) is 0.00300. The van der Waals surface area contributed by atoms with E-state index in [4.69, 9.17) is 18.9 Å². The number of fused-ring (bicyclic) bond motifs is 4. The molecule has 0 bridgehead atoms. The minimum atomic E-state index is -0.733. The predicted octanol–water partition coefficient (Wildman–Crippen LogP) is 4.89. The van der Waals surface area contributed by atoms with Gasteiger partial charge < -0.3 is 18.9 Å². The van der Waals surface area contributed by atoms with E-state index in [0.29, 0.717) is 32.6 Å². The molecule has 0 aromatic heterocycles. The van der Waals surface area contributed by atoms with Crippen molar-refractivity contribution in [3.8, 4) is 11.1 Å². The van der Waals surface area contributed by atoms with Crippen LogP contribution in [0.25, 0.3) is 11.1 Å². The molecule has 1 aliphatic carbocycles. The monoisotopic (exact) mass is 511 g/mol. The molecule has 38 heavy (non-hydrogen) atoms. The van der Waals surface area contributed by atoms with E-state index >= 15 is 0 Å². The molecule has 0 spiro atoms. The average molecular weight is 512 g/mol. The van der Waals surface area contributed by atoms with Crippen LogP contribution in [0.4, 0.5) is 0 Å². The molecule has 3 aromatic rings. The molecule has 3 heterocycles. The van der Waals surface area contributed by atoms with Gasteiger partial charge in [-0.25, -0.2) is 0 Å². The Hall–Kier alpha value is -2.87. The number of likely N-dealkylation sites (tertiary alicyclic amines) is 1. The Balaban J connectivity index is 1.40. The molecule has 3 atom stereocenters. The van der Waals surface area contributed by atoms with Gasteiger partial charge in [0.1, 0.15) is 12.2 Å². The van der Waals surface area contributed by atoms with Crippen LogP contribution in [0.15, 0.2) is 78.9 Å². The van der Waals surface area contributed by atoms with Gasteiger partial charge in [0.2, 0.25) is 0 Å². The highest BCUT2D eigenvalue weighted by Gasteiger charge is 2.62. The van der Waals surface area contributed by atoms with Crippen molar-refractivity contribution in [2.75, 3.05) is 19.8 Å². The van der Waals surface area contributed by atoms with Crippen molar-refractivity contribution < 1.29 is 23.7 Å². The molecule has 6 heteroatoms. The van der Waals surface area contributed by atoms with E-state index in [0.717, 1.165) is 5.56 Å². The summed E-state index contributed by atoms with van der Waals surface area (Å²) in [7, 11) is 0. The first-order valence-corrected chi connectivity index (χ1v) is 13.6. The predicted molar refractivity (Wildman–Crippen MR) is 142 cm³/mol. The summed E-state index contributed by atoms with van der Waals surface area (Å²) in [6.45, 7) is 5.61. The zero-order valence-corrected chi connectivity index (χ0v) is 21.8. The van der Waals surface area contributed by atoms with Crippen molar-refractivity contribution in [3.63, 3.8) is 0 Å². The number of rotatable bonds is 6. The van der Waals surface area contributed by atoms with Crippen LogP contribution in [-0.2, 0) is 29.3 Å². The maximum absolute atomic E-state index is 14.2. The number of ether oxygens (including phenoxy) is 4. The van der Waals surface area contributed by atoms with E-state index in [-0.39, 0.29) is 24.3 Å². The number of hydrogen-bond donors (Lipinski definition) is 0. The van der Waals surface area contributed by atoms with Crippen LogP contribution in [0.3, 0.4) is 0 Å². The lowest BCUT2D eigenvalue weighted by Crippen LogP contribution is -2.55. The van der Waals surface area contributed by atoms with Gasteiger partial charge in [0.15, 0.2) is 17.9 Å². The summed E-state index contributed by atoms with van der Waals surface area (Å²) in [5.41, 5.74) is 5.25. The second-order valence-corrected chi connectivity index (χ2v) is 11.1. The van der Waals surface area contributed by atoms with Crippen LogP contribution in [0, 0.1) is 0 Å². The summed E-state index contributed by atoms with van der Waals surface area (Å²) in [6, 6.07) is 27.3. The first-order valence-electron chi connectivity index (χ1n) is 13.6. The van der Waals surface area contributed by atoms with Crippen molar-refractivity contribution in [1.82, 2.24) is 4.90 Å². The molecule has 7 rings (SSSR count). The summed E-state index contributed by atoms with van der Waals surface area (Å²) >= 11 is 0. The Morgan fingerprint density at radius 3 is 2.11 bits per heavy atom. The van der Waals surface area contributed by atoms with Gasteiger partial charge in [0, 0.05) is 19.4 Å². The van der Waals surface area contributed by atoms with Crippen molar-refractivity contribution in [2.45, 2.75) is 62.6 Å². The molecule has 196 valence electrons. The number of benzene rings is 3. The number of carbonyl (C=O) groups is 1. The van der Waals surface area contributed by atoms with Crippen LogP contribution in [0.1, 0.15) is 43.4 Å². The Labute approximate surface area is 223 Å². The van der Waals surface area contributed by atoms with Crippen LogP contribution < -0.4 is 0 Å². The van der Waals surface area contributed by atoms with E-state index < -0.39 is 17.4 Å². The van der Waals surface area contributed by atoms with E-state index in [1.165, 1.54) is 22.3 Å². The minimum absolute atomic E-state index is 0.134. The molecule has 0 saturated carbocycles. The van der Waals surface area contributed by atoms with Crippen LogP contribution in [0.5, 0.6) is 0 Å². The van der Waals surface area contributed by atoms with Gasteiger partial charge >= 0.3 is 0 Å². The van der Waals surface area contributed by atoms with Gasteiger partial charge in [-0.1, -0.05) is 78.9 Å². The largest absolute Gasteiger partial charge is 0.350 e. The molecule has 0 amide bonds. The van der Waals surface area contributed by atoms with Crippen LogP contribution >= 0.6 is 0 Å². The fourth-order valence-corrected chi connectivity index (χ4v) is 7.12.